The second-order valence-corrected chi connectivity index (χ2v) is 11.4. The van der Waals surface area contributed by atoms with Crippen molar-refractivity contribution in [3.63, 3.8) is 0 Å². The number of cyclic esters (lactones) is 1. The molecule has 5 rings (SSSR count). The molecule has 1 aromatic rings. The summed E-state index contributed by atoms with van der Waals surface area (Å²) >= 11 is 0. The van der Waals surface area contributed by atoms with Crippen molar-refractivity contribution in [3.05, 3.63) is 60.2 Å². The molecule has 1 aromatic carbocycles. The highest BCUT2D eigenvalue weighted by atomic mass is 16.6. The van der Waals surface area contributed by atoms with Gasteiger partial charge in [-0.3, -0.25) is 14.4 Å². The quantitative estimate of drug-likeness (QED) is 0.444. The summed E-state index contributed by atoms with van der Waals surface area (Å²) in [7, 11) is 0. The van der Waals surface area contributed by atoms with Gasteiger partial charge in [-0.2, -0.15) is 0 Å². The summed E-state index contributed by atoms with van der Waals surface area (Å²) in [5, 5.41) is 10.6. The standard InChI is InChI=1S/C31H40N2O6/c1-4-30-15-10-5-6-11-18-38-29(37)25(30)24-27(35)33(23(20-34)19-22-13-8-7-9-14-22)26-28(36)32(21(2)3)17-12-16-31(24,26)39-30/h7-10,12-16,21,23-26,34H,4-6,11,17-20H2,1-3H3/b15-10-/t23-,24+,25-,26?,30+,31+/m1/s1. The fourth-order valence-corrected chi connectivity index (χ4v) is 6.99. The Morgan fingerprint density at radius 2 is 1.79 bits per heavy atom. The maximum atomic E-state index is 14.6. The van der Waals surface area contributed by atoms with Gasteiger partial charge in [0, 0.05) is 12.6 Å². The number of fused-ring (bicyclic) bond motifs is 2. The molecule has 39 heavy (non-hydrogen) atoms. The SMILES string of the molecule is CC[C@]12/C=C\CCCCOC(=O)[C@H]1[C@H]1C(=O)N([C@@H](CO)Cc3ccccc3)C3C(=O)N(C(C)C)CC=C[C@@]31O2. The summed E-state index contributed by atoms with van der Waals surface area (Å²) in [5.74, 6) is -2.90. The van der Waals surface area contributed by atoms with Crippen molar-refractivity contribution in [2.24, 2.45) is 11.8 Å². The molecular weight excluding hydrogens is 496 g/mol. The number of aliphatic hydroxyl groups is 1. The second-order valence-electron chi connectivity index (χ2n) is 11.4. The van der Waals surface area contributed by atoms with E-state index >= 15 is 0 Å². The molecule has 2 saturated heterocycles. The number of esters is 1. The summed E-state index contributed by atoms with van der Waals surface area (Å²) in [6.07, 6.45) is 11.0. The van der Waals surface area contributed by atoms with Crippen LogP contribution < -0.4 is 0 Å². The van der Waals surface area contributed by atoms with E-state index in [9.17, 15) is 19.5 Å². The Labute approximate surface area is 230 Å². The highest BCUT2D eigenvalue weighted by molar-refractivity contribution is 5.99. The third-order valence-corrected chi connectivity index (χ3v) is 8.89. The lowest BCUT2D eigenvalue weighted by Gasteiger charge is -2.41. The normalized spacial score (nSPS) is 34.3. The van der Waals surface area contributed by atoms with Crippen LogP contribution in [0.15, 0.2) is 54.6 Å². The van der Waals surface area contributed by atoms with Gasteiger partial charge >= 0.3 is 5.97 Å². The van der Waals surface area contributed by atoms with Crippen molar-refractivity contribution < 1.29 is 29.0 Å². The number of carbonyl (C=O) groups excluding carboxylic acids is 3. The van der Waals surface area contributed by atoms with Gasteiger partial charge in [-0.25, -0.2) is 0 Å². The Hall–Kier alpha value is -2.97. The van der Waals surface area contributed by atoms with Gasteiger partial charge in [0.25, 0.3) is 0 Å². The van der Waals surface area contributed by atoms with E-state index in [0.29, 0.717) is 19.4 Å². The third-order valence-electron chi connectivity index (χ3n) is 8.89. The first-order valence-corrected chi connectivity index (χ1v) is 14.3. The zero-order valence-electron chi connectivity index (χ0n) is 23.1. The fraction of sp³-hybridized carbons (Fsp3) is 0.581. The van der Waals surface area contributed by atoms with Crippen molar-refractivity contribution in [3.8, 4) is 0 Å². The average Bonchev–Trinajstić information content (AvgIpc) is 3.29. The van der Waals surface area contributed by atoms with Crippen LogP contribution >= 0.6 is 0 Å². The van der Waals surface area contributed by atoms with Gasteiger partial charge < -0.3 is 24.4 Å². The van der Waals surface area contributed by atoms with Gasteiger partial charge in [-0.15, -0.1) is 0 Å². The zero-order chi connectivity index (χ0) is 27.8. The summed E-state index contributed by atoms with van der Waals surface area (Å²) in [6.45, 7) is 6.17. The maximum Gasteiger partial charge on any atom is 0.313 e. The van der Waals surface area contributed by atoms with E-state index in [1.807, 2.05) is 75.4 Å². The summed E-state index contributed by atoms with van der Waals surface area (Å²) < 4.78 is 12.7. The number of ether oxygens (including phenoxy) is 2. The van der Waals surface area contributed by atoms with Crippen molar-refractivity contribution in [1.29, 1.82) is 0 Å². The highest BCUT2D eigenvalue weighted by Gasteiger charge is 2.75. The van der Waals surface area contributed by atoms with Crippen LogP contribution in [0.2, 0.25) is 0 Å². The van der Waals surface area contributed by atoms with Crippen molar-refractivity contribution >= 4 is 17.8 Å². The summed E-state index contributed by atoms with van der Waals surface area (Å²) in [4.78, 5) is 45.9. The molecule has 4 aliphatic heterocycles. The lowest BCUT2D eigenvalue weighted by Crippen LogP contribution is -2.60. The Morgan fingerprint density at radius 1 is 1.03 bits per heavy atom. The van der Waals surface area contributed by atoms with E-state index in [1.165, 1.54) is 4.90 Å². The molecule has 1 unspecified atom stereocenters. The molecule has 8 nitrogen and oxygen atoms in total. The van der Waals surface area contributed by atoms with Crippen molar-refractivity contribution in [2.45, 2.75) is 82.2 Å². The predicted molar refractivity (Wildman–Crippen MR) is 145 cm³/mol. The van der Waals surface area contributed by atoms with Gasteiger partial charge in [-0.05, 0) is 51.5 Å². The number of rotatable bonds is 6. The molecule has 8 heteroatoms. The fourth-order valence-electron chi connectivity index (χ4n) is 6.99. The van der Waals surface area contributed by atoms with E-state index in [-0.39, 0.29) is 31.1 Å². The van der Waals surface area contributed by atoms with E-state index in [1.54, 1.807) is 4.90 Å². The van der Waals surface area contributed by atoms with E-state index in [2.05, 4.69) is 0 Å². The summed E-state index contributed by atoms with van der Waals surface area (Å²) in [5.41, 5.74) is -1.50. The Balaban J connectivity index is 1.67. The summed E-state index contributed by atoms with van der Waals surface area (Å²) in [6, 6.07) is 7.83. The van der Waals surface area contributed by atoms with E-state index in [0.717, 1.165) is 24.8 Å². The van der Waals surface area contributed by atoms with Gasteiger partial charge in [0.15, 0.2) is 0 Å². The maximum absolute atomic E-state index is 14.6. The Kier molecular flexibility index (Phi) is 7.71. The molecule has 2 fully saturated rings. The largest absolute Gasteiger partial charge is 0.465 e. The molecule has 2 amide bonds. The number of likely N-dealkylation sites (tertiary alicyclic amines) is 1. The smallest absolute Gasteiger partial charge is 0.313 e. The number of amides is 2. The number of benzene rings is 1. The van der Waals surface area contributed by atoms with Gasteiger partial charge in [-0.1, -0.05) is 61.6 Å². The minimum Gasteiger partial charge on any atom is -0.465 e. The van der Waals surface area contributed by atoms with Crippen LogP contribution in [-0.2, 0) is 30.3 Å². The molecule has 0 radical (unpaired) electrons. The molecule has 4 heterocycles. The van der Waals surface area contributed by atoms with Crippen molar-refractivity contribution in [1.82, 2.24) is 9.80 Å². The number of nitrogens with zero attached hydrogens (tertiary/aromatic N) is 2. The number of aliphatic hydroxyl groups excluding tert-OH is 1. The molecule has 6 atom stereocenters. The Morgan fingerprint density at radius 3 is 2.49 bits per heavy atom. The molecule has 0 bridgehead atoms. The number of hydrogen-bond acceptors (Lipinski definition) is 6. The minimum atomic E-state index is -1.36. The van der Waals surface area contributed by atoms with Crippen LogP contribution in [-0.4, -0.2) is 81.8 Å². The molecular formula is C31H40N2O6. The van der Waals surface area contributed by atoms with Crippen LogP contribution in [0.3, 0.4) is 0 Å². The van der Waals surface area contributed by atoms with Crippen LogP contribution in [0.1, 0.15) is 52.0 Å². The zero-order valence-corrected chi connectivity index (χ0v) is 23.1. The lowest BCUT2D eigenvalue weighted by molar-refractivity contribution is -0.163. The van der Waals surface area contributed by atoms with Crippen LogP contribution in [0.4, 0.5) is 0 Å². The molecule has 4 aliphatic rings. The molecule has 210 valence electrons. The van der Waals surface area contributed by atoms with Gasteiger partial charge in [0.2, 0.25) is 11.8 Å². The topological polar surface area (TPSA) is 96.4 Å². The average molecular weight is 537 g/mol. The first-order chi connectivity index (χ1) is 18.8. The molecule has 0 aromatic heterocycles. The first-order valence-electron chi connectivity index (χ1n) is 14.3. The highest BCUT2D eigenvalue weighted by Crippen LogP contribution is 2.58. The van der Waals surface area contributed by atoms with E-state index in [4.69, 9.17) is 9.47 Å². The number of hydrogen-bond donors (Lipinski definition) is 1. The lowest BCUT2D eigenvalue weighted by atomic mass is 9.73. The van der Waals surface area contributed by atoms with Crippen LogP contribution in [0.5, 0.6) is 0 Å². The van der Waals surface area contributed by atoms with Gasteiger partial charge in [0.1, 0.15) is 23.2 Å². The van der Waals surface area contributed by atoms with E-state index < -0.39 is 41.1 Å². The number of allylic oxidation sites excluding steroid dienone is 1. The molecule has 0 aliphatic carbocycles. The molecule has 0 saturated carbocycles. The third kappa shape index (κ3) is 4.51. The second kappa shape index (κ2) is 10.9. The van der Waals surface area contributed by atoms with Gasteiger partial charge in [0.05, 0.1) is 25.2 Å². The first kappa shape index (κ1) is 27.6. The number of carbonyl (C=O) groups is 3. The monoisotopic (exact) mass is 536 g/mol. The Bertz CT molecular complexity index is 1150. The minimum absolute atomic E-state index is 0.109. The van der Waals surface area contributed by atoms with Crippen molar-refractivity contribution in [2.75, 3.05) is 19.8 Å². The molecule has 1 spiro atoms. The molecule has 1 N–H and O–H groups in total. The predicted octanol–water partition coefficient (Wildman–Crippen LogP) is 3.04. The van der Waals surface area contributed by atoms with Crippen LogP contribution in [0, 0.1) is 11.8 Å². The van der Waals surface area contributed by atoms with Crippen LogP contribution in [0.25, 0.3) is 0 Å².